The number of rotatable bonds is 13. The number of fused-ring (bicyclic) bond motifs is 5. The van der Waals surface area contributed by atoms with E-state index in [1.54, 1.807) is 160 Å². The number of aliphatic hydroxyl groups excluding tert-OH is 1. The molecule has 39 nitrogen and oxygen atoms in total. The second kappa shape index (κ2) is 42.6. The maximum atomic E-state index is 13.3. The Hall–Kier alpha value is -12.8. The first-order chi connectivity index (χ1) is 62.6. The zero-order valence-corrected chi connectivity index (χ0v) is 74.5. The molecule has 10 aromatic rings. The van der Waals surface area contributed by atoms with E-state index in [2.05, 4.69) is 77.6 Å². The molecule has 14 amide bonds. The average Bonchev–Trinajstić information content (AvgIpc) is 1.68. The van der Waals surface area contributed by atoms with Crippen molar-refractivity contribution < 1.29 is 76.8 Å². The first kappa shape index (κ1) is 93.4. The molecule has 684 valence electrons. The van der Waals surface area contributed by atoms with Crippen molar-refractivity contribution in [3.05, 3.63) is 231 Å². The Morgan fingerprint density at radius 3 is 1.02 bits per heavy atom. The van der Waals surface area contributed by atoms with E-state index >= 15 is 0 Å². The Morgan fingerprint density at radius 2 is 0.738 bits per heavy atom. The van der Waals surface area contributed by atoms with Gasteiger partial charge in [0.25, 0.3) is 23.6 Å². The molecule has 3 saturated heterocycles. The second-order valence-electron chi connectivity index (χ2n) is 31.1. The number of aliphatic hydroxyl groups is 1. The molecule has 2 unspecified atom stereocenters. The van der Waals surface area contributed by atoms with Gasteiger partial charge in [-0.05, 0) is 111 Å². The van der Waals surface area contributed by atoms with Gasteiger partial charge in [-0.3, -0.25) is 68.8 Å². The van der Waals surface area contributed by atoms with E-state index in [9.17, 15) is 57.4 Å². The van der Waals surface area contributed by atoms with Crippen molar-refractivity contribution in [1.29, 1.82) is 0 Å². The fourth-order valence-electron chi connectivity index (χ4n) is 15.0. The summed E-state index contributed by atoms with van der Waals surface area (Å²) in [6.07, 6.45) is 2.11. The summed E-state index contributed by atoms with van der Waals surface area (Å²) >= 11 is 29.7. The van der Waals surface area contributed by atoms with Gasteiger partial charge in [-0.25, -0.2) is 48.6 Å². The zero-order valence-electron chi connectivity index (χ0n) is 70.7. The highest BCUT2D eigenvalue weighted by atomic mass is 35.5. The number of benzene rings is 5. The lowest BCUT2D eigenvalue weighted by atomic mass is 10.0. The van der Waals surface area contributed by atoms with Crippen LogP contribution in [-0.4, -0.2) is 258 Å². The van der Waals surface area contributed by atoms with Crippen LogP contribution in [-0.2, 0) is 84.2 Å². The first-order valence-corrected chi connectivity index (χ1v) is 43.5. The molecule has 0 radical (unpaired) electrons. The zero-order chi connectivity index (χ0) is 92.0. The van der Waals surface area contributed by atoms with Gasteiger partial charge in [-0.2, -0.15) is 25.5 Å². The van der Waals surface area contributed by atoms with Gasteiger partial charge in [0.15, 0.2) is 28.6 Å². The molecular formula is C85H92Cl5FN24O15. The van der Waals surface area contributed by atoms with E-state index in [4.69, 9.17) is 77.4 Å². The number of nitrogens with one attached hydrogen (secondary N) is 10. The van der Waals surface area contributed by atoms with Crippen LogP contribution in [0, 0.1) is 0 Å². The fourth-order valence-corrected chi connectivity index (χ4v) is 15.9. The Bertz CT molecular complexity index is 5700. The maximum absolute atomic E-state index is 13.3. The van der Waals surface area contributed by atoms with Crippen molar-refractivity contribution >= 4 is 146 Å². The number of ketones is 1. The number of β-amino-alcohol motifs (C(OH)–C–C–N with tert-alkyl or cyclic N) is 1. The van der Waals surface area contributed by atoms with Crippen LogP contribution in [0.3, 0.4) is 0 Å². The average molecular weight is 1890 g/mol. The highest BCUT2D eigenvalue weighted by Crippen LogP contribution is 2.32. The lowest BCUT2D eigenvalue weighted by Gasteiger charge is -2.27. The molecule has 130 heavy (non-hydrogen) atoms. The minimum Gasteiger partial charge on any atom is -0.389 e. The number of carbonyl (C=O) groups is 10. The highest BCUT2D eigenvalue weighted by molar-refractivity contribution is 6.32. The Kier molecular flexibility index (Phi) is 30.6. The normalized spacial score (nSPS) is 16.4. The van der Waals surface area contributed by atoms with E-state index in [1.165, 1.54) is 10.1 Å². The summed E-state index contributed by atoms with van der Waals surface area (Å²) in [6, 6.07) is 33.4. The predicted octanol–water partition coefficient (Wildman–Crippen LogP) is 12.5. The molecule has 3 fully saturated rings. The van der Waals surface area contributed by atoms with Gasteiger partial charge in [0.05, 0.1) is 65.1 Å². The van der Waals surface area contributed by atoms with Crippen molar-refractivity contribution in [2.24, 2.45) is 0 Å². The molecule has 0 spiro atoms. The smallest absolute Gasteiger partial charge is 0.322 e. The number of amides is 14. The van der Waals surface area contributed by atoms with Crippen LogP contribution >= 0.6 is 58.0 Å². The maximum Gasteiger partial charge on any atom is 0.322 e. The molecule has 0 bridgehead atoms. The molecule has 45 heteroatoms. The molecule has 5 aromatic carbocycles. The predicted molar refractivity (Wildman–Crippen MR) is 475 cm³/mol. The minimum absolute atomic E-state index is 0.0143. The van der Waals surface area contributed by atoms with Gasteiger partial charge in [-0.15, -0.1) is 0 Å². The van der Waals surface area contributed by atoms with Crippen LogP contribution in [0.1, 0.15) is 142 Å². The van der Waals surface area contributed by atoms with Crippen LogP contribution in [0.5, 0.6) is 0 Å². The summed E-state index contributed by atoms with van der Waals surface area (Å²) in [4.78, 5) is 154. The number of alkyl halides is 1. The molecule has 2 atom stereocenters. The topological polar surface area (TPSA) is 461 Å². The molecular weight excluding hydrogens is 1790 g/mol. The number of hydrogen-bond donors (Lipinski definition) is 11. The Morgan fingerprint density at radius 1 is 0.438 bits per heavy atom. The van der Waals surface area contributed by atoms with E-state index in [0.29, 0.717) is 179 Å². The van der Waals surface area contributed by atoms with Crippen LogP contribution in [0.2, 0.25) is 25.1 Å². The van der Waals surface area contributed by atoms with E-state index < -0.39 is 24.1 Å². The quantitative estimate of drug-likeness (QED) is 0.0377. The number of aromatic nitrogens is 10. The molecule has 11 N–H and O–H groups in total. The van der Waals surface area contributed by atoms with Crippen LogP contribution in [0.4, 0.5) is 56.8 Å². The number of nitrogens with zero attached hydrogens (tertiary/aromatic N) is 14. The van der Waals surface area contributed by atoms with Crippen LogP contribution < -0.4 is 26.6 Å². The van der Waals surface area contributed by atoms with Gasteiger partial charge < -0.3 is 56.2 Å². The summed E-state index contributed by atoms with van der Waals surface area (Å²) in [6.45, 7) is 10.5. The van der Waals surface area contributed by atoms with Crippen molar-refractivity contribution in [3.63, 3.8) is 0 Å². The third kappa shape index (κ3) is 23.3. The molecule has 18 rings (SSSR count). The molecule has 8 aliphatic rings. The number of hydrogen-bond acceptors (Lipinski definition) is 20. The molecule has 0 aliphatic carbocycles. The fraction of sp³-hybridized carbons (Fsp3) is 0.353. The monoisotopic (exact) mass is 1880 g/mol. The number of urea groups is 5. The number of aromatic amines is 5. The van der Waals surface area contributed by atoms with Crippen molar-refractivity contribution in [1.82, 2.24) is 95.7 Å². The van der Waals surface area contributed by atoms with Crippen LogP contribution in [0.15, 0.2) is 121 Å². The number of hydroxylamine groups is 8. The van der Waals surface area contributed by atoms with E-state index in [1.807, 2.05) is 13.8 Å². The number of anilines is 5. The lowest BCUT2D eigenvalue weighted by molar-refractivity contribution is -0.136. The molecule has 8 aliphatic heterocycles. The summed E-state index contributed by atoms with van der Waals surface area (Å²) < 4.78 is 13.3. The number of carbonyl (C=O) groups excluding carboxylic acids is 10. The standard InChI is InChI=1S/C18H22ClN5O3.C17H17ClFN5O3.C17H18ClN5O4.C17H18ClN5O3.C16H17ClN4O2/c1-11(2)27-23(3)17(25)16-14-10-24(8-7-15(14)21-22-16)18(26)20-13-6-4-5-12(19)9-13;18-10-2-1-3-12(6-10)20-17(26)23-5-4-14-13(8-23)15(22-21-14)16(25)24-7-11(19)9-27-24;18-10-2-1-3-11(6-10)19-17(26)22-5-4-14-13(8-22)15(21-20-14)16(25)23-7-12(24)9-27-23;18-11-3-1-4-12(9-11)19-17(25)22-7-5-14-13(10-22)15(21-20-14)16(24)23-6-2-8-26-23;1-2-14(22)15-12-9-21(7-6-13(12)19-20-15)16(23)18-11-5-3-4-10(17)8-11/h4-6,9,11H,7-8,10H2,1-3H3,(H,20,26)(H,21,22);1-3,6,11H,4-5,7-9H2,(H,20,26)(H,21,22);1-3,6,12,24H,4-5,7-9H2,(H,19,26)(H,20,21);1,3-4,9H,2,5-8,10H2,(H,19,25)(H,20,21);3-5,8H,2,6-7,9H2,1H3,(H,18,23)(H,19,20). The van der Waals surface area contributed by atoms with Gasteiger partial charge in [0, 0.05) is 188 Å². The van der Waals surface area contributed by atoms with Crippen molar-refractivity contribution in [2.75, 3.05) is 106 Å². The molecule has 13 heterocycles. The lowest BCUT2D eigenvalue weighted by Crippen LogP contribution is -2.39. The Labute approximate surface area is 767 Å². The van der Waals surface area contributed by atoms with Gasteiger partial charge >= 0.3 is 30.2 Å². The summed E-state index contributed by atoms with van der Waals surface area (Å²) in [5, 5.41) is 65.9. The second-order valence-corrected chi connectivity index (χ2v) is 33.3. The van der Waals surface area contributed by atoms with Gasteiger partial charge in [-0.1, -0.05) is 95.3 Å². The SMILES string of the molecule is CC(C)ON(C)C(=O)c1n[nH]c2c1CN(C(=O)Nc1cccc(Cl)c1)CC2.CCC(=O)c1n[nH]c2c1CN(C(=O)Nc1cccc(Cl)c1)CC2.O=C(Nc1cccc(Cl)c1)N1CCc2[nH]nc(C(=O)N3CC(F)CO3)c2C1.O=C(Nc1cccc(Cl)c1)N1CCc2[nH]nc(C(=O)N3CC(O)CO3)c2C1.O=C(Nc1cccc(Cl)c1)N1CCc2[nH]nc(C(=O)N3CCCO3)c2C1. The summed E-state index contributed by atoms with van der Waals surface area (Å²) in [5.74, 6) is -1.57. The third-order valence-electron chi connectivity index (χ3n) is 21.5. The van der Waals surface area contributed by atoms with Crippen molar-refractivity contribution in [3.8, 4) is 0 Å². The molecule has 0 saturated carbocycles. The largest absolute Gasteiger partial charge is 0.389 e. The van der Waals surface area contributed by atoms with Gasteiger partial charge in [0.1, 0.15) is 31.2 Å². The summed E-state index contributed by atoms with van der Waals surface area (Å²) in [7, 11) is 1.55. The summed E-state index contributed by atoms with van der Waals surface area (Å²) in [5.41, 5.74) is 12.4. The number of halogens is 6. The van der Waals surface area contributed by atoms with E-state index in [-0.39, 0.29) is 117 Å². The van der Waals surface area contributed by atoms with Crippen LogP contribution in [0.25, 0.3) is 0 Å². The third-order valence-corrected chi connectivity index (χ3v) is 22.7. The first-order valence-electron chi connectivity index (χ1n) is 41.6. The number of H-pyrrole nitrogens is 5. The van der Waals surface area contributed by atoms with Gasteiger partial charge in [0.2, 0.25) is 0 Å². The molecule has 5 aromatic heterocycles. The Balaban J connectivity index is 0.000000131. The number of Topliss-reactive ketones (excluding diaryl/α,β-unsaturated/α-hetero) is 1. The van der Waals surface area contributed by atoms with E-state index in [0.717, 1.165) is 56.1 Å². The minimum atomic E-state index is -1.20. The highest BCUT2D eigenvalue weighted by Gasteiger charge is 2.39. The van der Waals surface area contributed by atoms with Crippen molar-refractivity contribution in [2.45, 2.75) is 117 Å².